The van der Waals surface area contributed by atoms with Gasteiger partial charge in [-0.05, 0) is 24.5 Å². The highest BCUT2D eigenvalue weighted by molar-refractivity contribution is 9.10. The van der Waals surface area contributed by atoms with Crippen LogP contribution in [0.5, 0.6) is 0 Å². The number of hydrogen-bond acceptors (Lipinski definition) is 1. The van der Waals surface area contributed by atoms with Crippen LogP contribution in [0.15, 0.2) is 28.7 Å². The molecule has 1 aromatic carbocycles. The van der Waals surface area contributed by atoms with Crippen LogP contribution in [0.3, 0.4) is 0 Å². The van der Waals surface area contributed by atoms with Crippen LogP contribution in [0.25, 0.3) is 0 Å². The van der Waals surface area contributed by atoms with Crippen LogP contribution in [0.1, 0.15) is 26.3 Å². The van der Waals surface area contributed by atoms with Gasteiger partial charge in [0.15, 0.2) is 0 Å². The second-order valence-corrected chi connectivity index (χ2v) is 4.77. The lowest BCUT2D eigenvalue weighted by molar-refractivity contribution is 0.349. The maximum atomic E-state index is 6.25. The molecule has 0 amide bonds. The fourth-order valence-corrected chi connectivity index (χ4v) is 1.92. The Labute approximate surface area is 88.5 Å². The van der Waals surface area contributed by atoms with Crippen molar-refractivity contribution in [3.05, 3.63) is 34.3 Å². The molecule has 1 atom stereocenters. The largest absolute Gasteiger partial charge is 0.321 e. The zero-order valence-corrected chi connectivity index (χ0v) is 9.93. The molecule has 0 aliphatic carbocycles. The highest BCUT2D eigenvalue weighted by Crippen LogP contribution is 2.31. The normalized spacial score (nSPS) is 15.8. The van der Waals surface area contributed by atoms with Crippen molar-refractivity contribution in [2.45, 2.75) is 26.3 Å². The van der Waals surface area contributed by atoms with Crippen LogP contribution in [-0.2, 0) is 5.54 Å². The monoisotopic (exact) mass is 241 g/mol. The molecule has 13 heavy (non-hydrogen) atoms. The molecule has 0 aromatic heterocycles. The molecule has 2 heteroatoms. The van der Waals surface area contributed by atoms with Gasteiger partial charge in [-0.1, -0.05) is 48.0 Å². The summed E-state index contributed by atoms with van der Waals surface area (Å²) >= 11 is 3.52. The van der Waals surface area contributed by atoms with E-state index in [0.29, 0.717) is 5.92 Å². The molecule has 1 unspecified atom stereocenters. The Morgan fingerprint density at radius 3 is 2.31 bits per heavy atom. The minimum atomic E-state index is -0.264. The number of hydrogen-bond donors (Lipinski definition) is 1. The second-order valence-electron chi connectivity index (χ2n) is 3.92. The van der Waals surface area contributed by atoms with Crippen molar-refractivity contribution < 1.29 is 0 Å². The van der Waals surface area contributed by atoms with Gasteiger partial charge in [0.25, 0.3) is 0 Å². The number of rotatable bonds is 2. The topological polar surface area (TPSA) is 26.0 Å². The molecule has 0 aliphatic rings. The molecule has 0 bridgehead atoms. The zero-order chi connectivity index (χ0) is 10.1. The maximum Gasteiger partial charge on any atom is 0.0415 e. The molecule has 0 radical (unpaired) electrons. The molecule has 0 aliphatic heterocycles. The summed E-state index contributed by atoms with van der Waals surface area (Å²) in [7, 11) is 0. The van der Waals surface area contributed by atoms with Crippen molar-refractivity contribution in [2.75, 3.05) is 0 Å². The van der Waals surface area contributed by atoms with E-state index in [1.807, 2.05) is 18.2 Å². The van der Waals surface area contributed by atoms with Gasteiger partial charge in [-0.2, -0.15) is 0 Å². The molecule has 0 spiro atoms. The summed E-state index contributed by atoms with van der Waals surface area (Å²) < 4.78 is 1.09. The minimum Gasteiger partial charge on any atom is -0.321 e. The number of nitrogens with two attached hydrogens (primary N) is 1. The predicted octanol–water partition coefficient (Wildman–Crippen LogP) is 3.28. The van der Waals surface area contributed by atoms with Gasteiger partial charge in [0.05, 0.1) is 0 Å². The summed E-state index contributed by atoms with van der Waals surface area (Å²) in [6.45, 7) is 6.34. The van der Waals surface area contributed by atoms with Gasteiger partial charge >= 0.3 is 0 Å². The summed E-state index contributed by atoms with van der Waals surface area (Å²) in [5.41, 5.74) is 7.16. The van der Waals surface area contributed by atoms with E-state index >= 15 is 0 Å². The smallest absolute Gasteiger partial charge is 0.0415 e. The zero-order valence-electron chi connectivity index (χ0n) is 8.34. The Morgan fingerprint density at radius 1 is 1.31 bits per heavy atom. The molecule has 1 rings (SSSR count). The third kappa shape index (κ3) is 2.12. The Bertz CT molecular complexity index is 292. The van der Waals surface area contributed by atoms with Crippen molar-refractivity contribution >= 4 is 15.9 Å². The number of halogens is 1. The summed E-state index contributed by atoms with van der Waals surface area (Å²) in [4.78, 5) is 0. The Morgan fingerprint density at radius 2 is 1.85 bits per heavy atom. The van der Waals surface area contributed by atoms with E-state index in [2.05, 4.69) is 42.8 Å². The maximum absolute atomic E-state index is 6.25. The van der Waals surface area contributed by atoms with Crippen molar-refractivity contribution in [3.8, 4) is 0 Å². The first-order valence-electron chi connectivity index (χ1n) is 4.50. The molecule has 0 heterocycles. The van der Waals surface area contributed by atoms with Gasteiger partial charge in [-0.25, -0.2) is 0 Å². The number of benzene rings is 1. The van der Waals surface area contributed by atoms with Crippen LogP contribution in [0.2, 0.25) is 0 Å². The lowest BCUT2D eigenvalue weighted by Crippen LogP contribution is -2.38. The van der Waals surface area contributed by atoms with E-state index in [4.69, 9.17) is 5.73 Å². The first-order chi connectivity index (χ1) is 5.96. The van der Waals surface area contributed by atoms with E-state index in [1.165, 1.54) is 5.56 Å². The standard InChI is InChI=1S/C11H16BrN/c1-8(2)11(3,13)9-6-4-5-7-10(9)12/h4-8H,13H2,1-3H3. The van der Waals surface area contributed by atoms with Crippen LogP contribution in [0.4, 0.5) is 0 Å². The fraction of sp³-hybridized carbons (Fsp3) is 0.455. The van der Waals surface area contributed by atoms with E-state index in [-0.39, 0.29) is 5.54 Å². The van der Waals surface area contributed by atoms with Crippen molar-refractivity contribution in [2.24, 2.45) is 11.7 Å². The highest BCUT2D eigenvalue weighted by atomic mass is 79.9. The van der Waals surface area contributed by atoms with Gasteiger partial charge in [-0.3, -0.25) is 0 Å². The Kier molecular flexibility index (Phi) is 3.14. The third-order valence-electron chi connectivity index (χ3n) is 2.65. The van der Waals surface area contributed by atoms with Gasteiger partial charge in [0, 0.05) is 10.0 Å². The van der Waals surface area contributed by atoms with Gasteiger partial charge in [0.2, 0.25) is 0 Å². The summed E-state index contributed by atoms with van der Waals surface area (Å²) in [6, 6.07) is 8.13. The lowest BCUT2D eigenvalue weighted by atomic mass is 9.83. The molecule has 72 valence electrons. The Hall–Kier alpha value is -0.340. The van der Waals surface area contributed by atoms with E-state index < -0.39 is 0 Å². The van der Waals surface area contributed by atoms with Crippen molar-refractivity contribution in [3.63, 3.8) is 0 Å². The van der Waals surface area contributed by atoms with Crippen molar-refractivity contribution in [1.29, 1.82) is 0 Å². The molecule has 0 fully saturated rings. The molecule has 2 N–H and O–H groups in total. The van der Waals surface area contributed by atoms with Gasteiger partial charge < -0.3 is 5.73 Å². The quantitative estimate of drug-likeness (QED) is 0.846. The average Bonchev–Trinajstić information content (AvgIpc) is 2.04. The minimum absolute atomic E-state index is 0.264. The first kappa shape index (κ1) is 10.7. The third-order valence-corrected chi connectivity index (χ3v) is 3.35. The van der Waals surface area contributed by atoms with Crippen LogP contribution >= 0.6 is 15.9 Å². The molecule has 1 aromatic rings. The van der Waals surface area contributed by atoms with Crippen LogP contribution in [-0.4, -0.2) is 0 Å². The van der Waals surface area contributed by atoms with E-state index in [0.717, 1.165) is 4.47 Å². The average molecular weight is 242 g/mol. The van der Waals surface area contributed by atoms with E-state index in [9.17, 15) is 0 Å². The van der Waals surface area contributed by atoms with Gasteiger partial charge in [0.1, 0.15) is 0 Å². The van der Waals surface area contributed by atoms with Crippen LogP contribution < -0.4 is 5.73 Å². The van der Waals surface area contributed by atoms with Crippen LogP contribution in [0, 0.1) is 5.92 Å². The molecular weight excluding hydrogens is 226 g/mol. The molecule has 0 saturated carbocycles. The summed E-state index contributed by atoms with van der Waals surface area (Å²) in [6.07, 6.45) is 0. The summed E-state index contributed by atoms with van der Waals surface area (Å²) in [5.74, 6) is 0.422. The van der Waals surface area contributed by atoms with Crippen molar-refractivity contribution in [1.82, 2.24) is 0 Å². The molecule has 1 nitrogen and oxygen atoms in total. The highest BCUT2D eigenvalue weighted by Gasteiger charge is 2.26. The molecule has 0 saturated heterocycles. The SMILES string of the molecule is CC(C)C(C)(N)c1ccccc1Br. The second kappa shape index (κ2) is 3.81. The fourth-order valence-electron chi connectivity index (χ4n) is 1.21. The predicted molar refractivity (Wildman–Crippen MR) is 60.5 cm³/mol. The lowest BCUT2D eigenvalue weighted by Gasteiger charge is -2.30. The molecular formula is C11H16BrN. The van der Waals surface area contributed by atoms with Gasteiger partial charge in [-0.15, -0.1) is 0 Å². The first-order valence-corrected chi connectivity index (χ1v) is 5.29. The van der Waals surface area contributed by atoms with E-state index in [1.54, 1.807) is 0 Å². The summed E-state index contributed by atoms with van der Waals surface area (Å²) in [5, 5.41) is 0. The Balaban J connectivity index is 3.14.